The van der Waals surface area contributed by atoms with E-state index < -0.39 is 10.0 Å². The van der Waals surface area contributed by atoms with E-state index in [1.54, 1.807) is 18.2 Å². The fraction of sp³-hybridized carbons (Fsp3) is 0.455. The zero-order valence-electron chi connectivity index (χ0n) is 9.96. The summed E-state index contributed by atoms with van der Waals surface area (Å²) in [5.74, 6) is 0. The average molecular weight is 321 g/mol. The lowest BCUT2D eigenvalue weighted by molar-refractivity contribution is 0.577. The maximum Gasteiger partial charge on any atom is 0.240 e. The minimum absolute atomic E-state index is 0.308. The Balaban J connectivity index is 2.72. The van der Waals surface area contributed by atoms with Gasteiger partial charge in [-0.15, -0.1) is 0 Å². The highest BCUT2D eigenvalue weighted by Crippen LogP contribution is 2.19. The molecule has 0 aromatic heterocycles. The number of benzene rings is 1. The molecule has 0 radical (unpaired) electrons. The molecule has 4 nitrogen and oxygen atoms in total. The van der Waals surface area contributed by atoms with Crippen LogP contribution in [0.15, 0.2) is 27.6 Å². The minimum atomic E-state index is -3.38. The third-order valence-corrected chi connectivity index (χ3v) is 4.68. The van der Waals surface area contributed by atoms with Crippen molar-refractivity contribution in [1.29, 1.82) is 0 Å². The van der Waals surface area contributed by atoms with Gasteiger partial charge in [0.15, 0.2) is 0 Å². The van der Waals surface area contributed by atoms with Crippen LogP contribution in [0.1, 0.15) is 12.0 Å². The summed E-state index contributed by atoms with van der Waals surface area (Å²) in [6.07, 6.45) is 0.769. The van der Waals surface area contributed by atoms with Gasteiger partial charge in [-0.25, -0.2) is 13.1 Å². The molecule has 0 atom stereocenters. The smallest absolute Gasteiger partial charge is 0.240 e. The van der Waals surface area contributed by atoms with Gasteiger partial charge in [0, 0.05) is 11.0 Å². The highest BCUT2D eigenvalue weighted by molar-refractivity contribution is 9.10. The van der Waals surface area contributed by atoms with Crippen LogP contribution in [0.4, 0.5) is 0 Å². The van der Waals surface area contributed by atoms with Gasteiger partial charge in [0.25, 0.3) is 0 Å². The van der Waals surface area contributed by atoms with Crippen LogP contribution >= 0.6 is 15.9 Å². The Morgan fingerprint density at radius 2 is 2.00 bits per heavy atom. The Bertz CT molecular complexity index is 474. The van der Waals surface area contributed by atoms with Crippen molar-refractivity contribution in [1.82, 2.24) is 10.0 Å². The highest BCUT2D eigenvalue weighted by atomic mass is 79.9. The molecular weight excluding hydrogens is 304 g/mol. The van der Waals surface area contributed by atoms with E-state index in [0.717, 1.165) is 23.0 Å². The van der Waals surface area contributed by atoms with E-state index in [1.165, 1.54) is 0 Å². The minimum Gasteiger partial charge on any atom is -0.320 e. The maximum absolute atomic E-state index is 11.9. The number of hydrogen-bond donors (Lipinski definition) is 2. The summed E-state index contributed by atoms with van der Waals surface area (Å²) in [6, 6.07) is 5.00. The van der Waals surface area contributed by atoms with E-state index in [4.69, 9.17) is 0 Å². The SMILES string of the molecule is CNCCCNS(=O)(=O)c1ccc(Br)c(C)c1. The maximum atomic E-state index is 11.9. The molecule has 1 rings (SSSR count). The van der Waals surface area contributed by atoms with E-state index in [-0.39, 0.29) is 0 Å². The molecule has 0 saturated heterocycles. The summed E-state index contributed by atoms with van der Waals surface area (Å²) in [7, 11) is -1.54. The molecule has 0 spiro atoms. The summed E-state index contributed by atoms with van der Waals surface area (Å²) >= 11 is 3.35. The molecule has 96 valence electrons. The largest absolute Gasteiger partial charge is 0.320 e. The topological polar surface area (TPSA) is 58.2 Å². The lowest BCUT2D eigenvalue weighted by atomic mass is 10.2. The van der Waals surface area contributed by atoms with Crippen molar-refractivity contribution < 1.29 is 8.42 Å². The first kappa shape index (κ1) is 14.6. The van der Waals surface area contributed by atoms with Crippen LogP contribution in [0, 0.1) is 6.92 Å². The third-order valence-electron chi connectivity index (χ3n) is 2.34. The summed E-state index contributed by atoms with van der Waals surface area (Å²) in [6.45, 7) is 3.10. The zero-order chi connectivity index (χ0) is 12.9. The van der Waals surface area contributed by atoms with E-state index >= 15 is 0 Å². The Morgan fingerprint density at radius 1 is 1.29 bits per heavy atom. The number of sulfonamides is 1. The lowest BCUT2D eigenvalue weighted by Crippen LogP contribution is -2.26. The van der Waals surface area contributed by atoms with Crippen molar-refractivity contribution in [3.63, 3.8) is 0 Å². The normalized spacial score (nSPS) is 11.7. The molecule has 6 heteroatoms. The van der Waals surface area contributed by atoms with Gasteiger partial charge in [0.2, 0.25) is 10.0 Å². The summed E-state index contributed by atoms with van der Waals surface area (Å²) in [5.41, 5.74) is 0.906. The van der Waals surface area contributed by atoms with Crippen molar-refractivity contribution >= 4 is 26.0 Å². The Hall–Kier alpha value is -0.430. The van der Waals surface area contributed by atoms with Crippen LogP contribution in [0.3, 0.4) is 0 Å². The van der Waals surface area contributed by atoms with Crippen LogP contribution in [0.5, 0.6) is 0 Å². The van der Waals surface area contributed by atoms with Crippen LogP contribution in [-0.2, 0) is 10.0 Å². The quantitative estimate of drug-likeness (QED) is 0.783. The second-order valence-electron chi connectivity index (χ2n) is 3.77. The first-order valence-corrected chi connectivity index (χ1v) is 7.65. The first-order chi connectivity index (χ1) is 7.97. The molecule has 17 heavy (non-hydrogen) atoms. The molecule has 0 amide bonds. The number of halogens is 1. The monoisotopic (exact) mass is 320 g/mol. The summed E-state index contributed by atoms with van der Waals surface area (Å²) in [4.78, 5) is 0.308. The number of rotatable bonds is 6. The van der Waals surface area contributed by atoms with Gasteiger partial charge in [0.1, 0.15) is 0 Å². The molecule has 0 aliphatic rings. The molecule has 0 bridgehead atoms. The van der Waals surface area contributed by atoms with Gasteiger partial charge in [-0.05, 0) is 50.7 Å². The third kappa shape index (κ3) is 4.39. The summed E-state index contributed by atoms with van der Waals surface area (Å²) in [5, 5.41) is 2.97. The predicted octanol–water partition coefficient (Wildman–Crippen LogP) is 1.65. The molecule has 0 fully saturated rings. The molecular formula is C11H17BrN2O2S. The fourth-order valence-electron chi connectivity index (χ4n) is 1.34. The van der Waals surface area contributed by atoms with Gasteiger partial charge in [0.05, 0.1) is 4.90 Å². The fourth-order valence-corrected chi connectivity index (χ4v) is 2.74. The van der Waals surface area contributed by atoms with Crippen molar-refractivity contribution in [2.75, 3.05) is 20.1 Å². The van der Waals surface area contributed by atoms with Crippen LogP contribution < -0.4 is 10.0 Å². The standard InChI is InChI=1S/C11H17BrN2O2S/c1-9-8-10(4-5-11(9)12)17(15,16)14-7-3-6-13-2/h4-5,8,13-14H,3,6-7H2,1-2H3. The van der Waals surface area contributed by atoms with Gasteiger partial charge in [-0.3, -0.25) is 0 Å². The number of hydrogen-bond acceptors (Lipinski definition) is 3. The van der Waals surface area contributed by atoms with Crippen LogP contribution in [0.2, 0.25) is 0 Å². The van der Waals surface area contributed by atoms with Crippen molar-refractivity contribution in [3.8, 4) is 0 Å². The van der Waals surface area contributed by atoms with Gasteiger partial charge in [-0.2, -0.15) is 0 Å². The lowest BCUT2D eigenvalue weighted by Gasteiger charge is -2.08. The zero-order valence-corrected chi connectivity index (χ0v) is 12.4. The second-order valence-corrected chi connectivity index (χ2v) is 6.39. The molecule has 0 unspecified atom stereocenters. The highest BCUT2D eigenvalue weighted by Gasteiger charge is 2.13. The van der Waals surface area contributed by atoms with E-state index in [1.807, 2.05) is 14.0 Å². The van der Waals surface area contributed by atoms with E-state index in [0.29, 0.717) is 11.4 Å². The van der Waals surface area contributed by atoms with Gasteiger partial charge in [-0.1, -0.05) is 15.9 Å². The molecule has 2 N–H and O–H groups in total. The average Bonchev–Trinajstić information content (AvgIpc) is 2.28. The second kappa shape index (κ2) is 6.49. The van der Waals surface area contributed by atoms with Crippen molar-refractivity contribution in [2.45, 2.75) is 18.2 Å². The molecule has 0 aliphatic carbocycles. The van der Waals surface area contributed by atoms with Gasteiger partial charge < -0.3 is 5.32 Å². The Morgan fingerprint density at radius 3 is 2.59 bits per heavy atom. The molecule has 0 heterocycles. The first-order valence-electron chi connectivity index (χ1n) is 5.38. The molecule has 0 aliphatic heterocycles. The van der Waals surface area contributed by atoms with Crippen LogP contribution in [0.25, 0.3) is 0 Å². The van der Waals surface area contributed by atoms with Gasteiger partial charge >= 0.3 is 0 Å². The van der Waals surface area contributed by atoms with E-state index in [2.05, 4.69) is 26.0 Å². The van der Waals surface area contributed by atoms with E-state index in [9.17, 15) is 8.42 Å². The summed E-state index contributed by atoms with van der Waals surface area (Å²) < 4.78 is 27.3. The molecule has 1 aromatic rings. The number of aryl methyl sites for hydroxylation is 1. The van der Waals surface area contributed by atoms with Crippen molar-refractivity contribution in [3.05, 3.63) is 28.2 Å². The molecule has 0 saturated carbocycles. The Kier molecular flexibility index (Phi) is 5.58. The number of nitrogens with one attached hydrogen (secondary N) is 2. The molecule has 1 aromatic carbocycles. The van der Waals surface area contributed by atoms with Crippen molar-refractivity contribution in [2.24, 2.45) is 0 Å². The predicted molar refractivity (Wildman–Crippen MR) is 72.6 cm³/mol. The van der Waals surface area contributed by atoms with Crippen LogP contribution in [-0.4, -0.2) is 28.6 Å². The Labute approximate surface area is 111 Å².